The number of hydrogen-bond acceptors (Lipinski definition) is 4. The molecule has 1 unspecified atom stereocenters. The number of thioether (sulfide) groups is 1. The Hall–Kier alpha value is -1.00. The van der Waals surface area contributed by atoms with E-state index in [1.54, 1.807) is 25.1 Å². The Morgan fingerprint density at radius 2 is 2.22 bits per heavy atom. The summed E-state index contributed by atoms with van der Waals surface area (Å²) in [5, 5.41) is 0.205. The Morgan fingerprint density at radius 1 is 1.50 bits per heavy atom. The molecule has 3 nitrogen and oxygen atoms in total. The highest BCUT2D eigenvalue weighted by atomic mass is 35.5. The van der Waals surface area contributed by atoms with E-state index in [-0.39, 0.29) is 11.2 Å². The first-order valence-electron chi connectivity index (χ1n) is 5.70. The second-order valence-corrected chi connectivity index (χ2v) is 5.23. The lowest BCUT2D eigenvalue weighted by Crippen LogP contribution is -2.19. The SMILES string of the molecule is CCOC(=O)C(CC)Sc1ccc(C=O)cc1Cl. The number of carbonyl (C=O) groups is 2. The first-order valence-corrected chi connectivity index (χ1v) is 6.96. The molecule has 1 aromatic carbocycles. The van der Waals surface area contributed by atoms with Gasteiger partial charge in [0.05, 0.1) is 11.6 Å². The Labute approximate surface area is 116 Å². The van der Waals surface area contributed by atoms with Crippen molar-refractivity contribution in [2.75, 3.05) is 6.61 Å². The summed E-state index contributed by atoms with van der Waals surface area (Å²) in [5.74, 6) is -0.236. The van der Waals surface area contributed by atoms with Crippen LogP contribution in [0.3, 0.4) is 0 Å². The van der Waals surface area contributed by atoms with Gasteiger partial charge in [-0.2, -0.15) is 0 Å². The average molecular weight is 287 g/mol. The van der Waals surface area contributed by atoms with Gasteiger partial charge in [-0.05, 0) is 25.5 Å². The van der Waals surface area contributed by atoms with Crippen molar-refractivity contribution in [1.82, 2.24) is 0 Å². The number of halogens is 1. The van der Waals surface area contributed by atoms with Crippen LogP contribution >= 0.6 is 23.4 Å². The van der Waals surface area contributed by atoms with Crippen molar-refractivity contribution in [2.24, 2.45) is 0 Å². The van der Waals surface area contributed by atoms with Crippen LogP contribution in [0.5, 0.6) is 0 Å². The lowest BCUT2D eigenvalue weighted by Gasteiger charge is -2.14. The van der Waals surface area contributed by atoms with E-state index in [1.807, 2.05) is 6.92 Å². The van der Waals surface area contributed by atoms with Gasteiger partial charge in [-0.3, -0.25) is 9.59 Å². The minimum atomic E-state index is -0.274. The van der Waals surface area contributed by atoms with Crippen molar-refractivity contribution in [3.05, 3.63) is 28.8 Å². The maximum Gasteiger partial charge on any atom is 0.319 e. The molecule has 0 fully saturated rings. The Morgan fingerprint density at radius 3 is 2.72 bits per heavy atom. The number of hydrogen-bond donors (Lipinski definition) is 0. The lowest BCUT2D eigenvalue weighted by molar-refractivity contribution is -0.142. The van der Waals surface area contributed by atoms with Crippen LogP contribution in [0.2, 0.25) is 5.02 Å². The molecule has 1 rings (SSSR count). The third-order valence-corrected chi connectivity index (χ3v) is 4.13. The second-order valence-electron chi connectivity index (χ2n) is 3.57. The summed E-state index contributed by atoms with van der Waals surface area (Å²) in [5.41, 5.74) is 0.522. The van der Waals surface area contributed by atoms with E-state index < -0.39 is 0 Å². The van der Waals surface area contributed by atoms with Crippen molar-refractivity contribution in [2.45, 2.75) is 30.4 Å². The summed E-state index contributed by atoms with van der Waals surface area (Å²) >= 11 is 7.42. The minimum absolute atomic E-state index is 0.236. The molecular weight excluding hydrogens is 272 g/mol. The van der Waals surface area contributed by atoms with E-state index >= 15 is 0 Å². The fourth-order valence-corrected chi connectivity index (χ4v) is 2.65. The summed E-state index contributed by atoms with van der Waals surface area (Å²) in [6.07, 6.45) is 1.40. The monoisotopic (exact) mass is 286 g/mol. The molecule has 0 N–H and O–H groups in total. The first kappa shape index (κ1) is 15.1. The molecule has 0 bridgehead atoms. The molecule has 18 heavy (non-hydrogen) atoms. The van der Waals surface area contributed by atoms with E-state index in [2.05, 4.69) is 0 Å². The second kappa shape index (κ2) is 7.44. The molecule has 0 aliphatic rings. The maximum atomic E-state index is 11.7. The normalized spacial score (nSPS) is 11.9. The quantitative estimate of drug-likeness (QED) is 0.455. The van der Waals surface area contributed by atoms with Gasteiger partial charge in [0, 0.05) is 10.5 Å². The minimum Gasteiger partial charge on any atom is -0.465 e. The number of ether oxygens (including phenoxy) is 1. The predicted molar refractivity (Wildman–Crippen MR) is 73.4 cm³/mol. The van der Waals surface area contributed by atoms with Crippen molar-refractivity contribution >= 4 is 35.6 Å². The highest BCUT2D eigenvalue weighted by molar-refractivity contribution is 8.00. The number of benzene rings is 1. The summed E-state index contributed by atoms with van der Waals surface area (Å²) < 4.78 is 4.99. The number of esters is 1. The van der Waals surface area contributed by atoms with E-state index in [1.165, 1.54) is 11.8 Å². The standard InChI is InChI=1S/C13H15ClO3S/c1-3-11(13(16)17-4-2)18-12-6-5-9(8-15)7-10(12)14/h5-8,11H,3-4H2,1-2H3. The van der Waals surface area contributed by atoms with Gasteiger partial charge in [0.15, 0.2) is 0 Å². The Kier molecular flexibility index (Phi) is 6.22. The van der Waals surface area contributed by atoms with E-state index in [0.717, 1.165) is 11.2 Å². The number of carbonyl (C=O) groups excluding carboxylic acids is 2. The van der Waals surface area contributed by atoms with Crippen LogP contribution in [0.1, 0.15) is 30.6 Å². The largest absolute Gasteiger partial charge is 0.465 e. The van der Waals surface area contributed by atoms with Gasteiger partial charge >= 0.3 is 5.97 Å². The highest BCUT2D eigenvalue weighted by Gasteiger charge is 2.20. The molecule has 0 spiro atoms. The first-order chi connectivity index (χ1) is 8.62. The summed E-state index contributed by atoms with van der Waals surface area (Å²) in [7, 11) is 0. The maximum absolute atomic E-state index is 11.7. The molecule has 0 aliphatic carbocycles. The molecule has 98 valence electrons. The van der Waals surface area contributed by atoms with Crippen molar-refractivity contribution in [1.29, 1.82) is 0 Å². The van der Waals surface area contributed by atoms with Crippen LogP contribution in [-0.4, -0.2) is 24.1 Å². The van der Waals surface area contributed by atoms with Gasteiger partial charge in [0.2, 0.25) is 0 Å². The molecule has 0 heterocycles. The van der Waals surface area contributed by atoms with Crippen LogP contribution in [0.4, 0.5) is 0 Å². The van der Waals surface area contributed by atoms with Crippen LogP contribution in [0, 0.1) is 0 Å². The van der Waals surface area contributed by atoms with E-state index in [4.69, 9.17) is 16.3 Å². The number of rotatable bonds is 6. The van der Waals surface area contributed by atoms with Crippen molar-refractivity contribution in [3.63, 3.8) is 0 Å². The third-order valence-electron chi connectivity index (χ3n) is 2.28. The van der Waals surface area contributed by atoms with Gasteiger partial charge in [-0.25, -0.2) is 0 Å². The number of aldehydes is 1. The molecule has 5 heteroatoms. The smallest absolute Gasteiger partial charge is 0.319 e. The molecule has 0 saturated heterocycles. The van der Waals surface area contributed by atoms with Crippen LogP contribution in [0.15, 0.2) is 23.1 Å². The van der Waals surface area contributed by atoms with Gasteiger partial charge < -0.3 is 4.74 Å². The molecule has 0 aromatic heterocycles. The van der Waals surface area contributed by atoms with Crippen LogP contribution in [0.25, 0.3) is 0 Å². The van der Waals surface area contributed by atoms with Crippen molar-refractivity contribution in [3.8, 4) is 0 Å². The molecule has 0 aliphatic heterocycles. The summed E-state index contributed by atoms with van der Waals surface area (Å²) in [6, 6.07) is 5.02. The van der Waals surface area contributed by atoms with Gasteiger partial charge in [-0.15, -0.1) is 11.8 Å². The fraction of sp³-hybridized carbons (Fsp3) is 0.385. The Balaban J connectivity index is 2.81. The van der Waals surface area contributed by atoms with Gasteiger partial charge in [0.1, 0.15) is 11.5 Å². The zero-order valence-electron chi connectivity index (χ0n) is 10.3. The third kappa shape index (κ3) is 4.03. The highest BCUT2D eigenvalue weighted by Crippen LogP contribution is 2.32. The Bertz CT molecular complexity index is 434. The summed E-state index contributed by atoms with van der Waals surface area (Å²) in [4.78, 5) is 23.1. The van der Waals surface area contributed by atoms with Gasteiger partial charge in [-0.1, -0.05) is 24.6 Å². The molecular formula is C13H15ClO3S. The van der Waals surface area contributed by atoms with E-state index in [9.17, 15) is 9.59 Å². The summed E-state index contributed by atoms with van der Waals surface area (Å²) in [6.45, 7) is 4.07. The van der Waals surface area contributed by atoms with Crippen LogP contribution < -0.4 is 0 Å². The topological polar surface area (TPSA) is 43.4 Å². The van der Waals surface area contributed by atoms with Crippen LogP contribution in [-0.2, 0) is 9.53 Å². The predicted octanol–water partition coefficient (Wildman–Crippen LogP) is 3.59. The van der Waals surface area contributed by atoms with Crippen molar-refractivity contribution < 1.29 is 14.3 Å². The average Bonchev–Trinajstić information content (AvgIpc) is 2.37. The van der Waals surface area contributed by atoms with Gasteiger partial charge in [0.25, 0.3) is 0 Å². The molecule has 0 radical (unpaired) electrons. The van der Waals surface area contributed by atoms with E-state index in [0.29, 0.717) is 23.6 Å². The lowest BCUT2D eigenvalue weighted by atomic mass is 10.2. The molecule has 0 saturated carbocycles. The molecule has 1 atom stereocenters. The zero-order valence-corrected chi connectivity index (χ0v) is 11.9. The molecule has 0 amide bonds. The zero-order chi connectivity index (χ0) is 13.5. The fourth-order valence-electron chi connectivity index (χ4n) is 1.37. The molecule has 1 aromatic rings.